The molecular formula is C16H10Cl3F3N2. The zero-order valence-corrected chi connectivity index (χ0v) is 14.2. The van der Waals surface area contributed by atoms with E-state index in [1.54, 1.807) is 36.4 Å². The van der Waals surface area contributed by atoms with E-state index in [-0.39, 0.29) is 5.02 Å². The van der Waals surface area contributed by atoms with Gasteiger partial charge in [-0.25, -0.2) is 0 Å². The number of nitrogens with zero attached hydrogens (tertiary/aromatic N) is 2. The first-order chi connectivity index (χ1) is 11.3. The summed E-state index contributed by atoms with van der Waals surface area (Å²) in [6, 6.07) is 9.69. The zero-order valence-electron chi connectivity index (χ0n) is 11.9. The molecule has 2 nitrogen and oxygen atoms in total. The molecule has 126 valence electrons. The normalized spacial score (nSPS) is 20.7. The van der Waals surface area contributed by atoms with Crippen LogP contribution in [0.15, 0.2) is 47.6 Å². The molecule has 0 aliphatic carbocycles. The van der Waals surface area contributed by atoms with Crippen molar-refractivity contribution >= 4 is 46.7 Å². The molecular weight excluding hydrogens is 384 g/mol. The van der Waals surface area contributed by atoms with E-state index in [0.29, 0.717) is 21.3 Å². The van der Waals surface area contributed by atoms with Crippen molar-refractivity contribution in [1.29, 1.82) is 0 Å². The maximum absolute atomic E-state index is 13.4. The Bertz CT molecular complexity index is 775. The Morgan fingerprint density at radius 3 is 2.12 bits per heavy atom. The summed E-state index contributed by atoms with van der Waals surface area (Å²) in [5, 5.41) is 6.27. The van der Waals surface area contributed by atoms with Gasteiger partial charge in [0.05, 0.1) is 16.8 Å². The quantitative estimate of drug-likeness (QED) is 0.578. The van der Waals surface area contributed by atoms with Gasteiger partial charge < -0.3 is 0 Å². The van der Waals surface area contributed by atoms with E-state index in [1.165, 1.54) is 11.1 Å². The molecule has 1 aliphatic heterocycles. The highest BCUT2D eigenvalue weighted by Crippen LogP contribution is 2.46. The van der Waals surface area contributed by atoms with E-state index in [0.717, 1.165) is 6.21 Å². The van der Waals surface area contributed by atoms with E-state index in [4.69, 9.17) is 34.8 Å². The Balaban J connectivity index is 2.07. The van der Waals surface area contributed by atoms with E-state index in [2.05, 4.69) is 5.10 Å². The average Bonchev–Trinajstić information content (AvgIpc) is 2.93. The highest BCUT2D eigenvalue weighted by atomic mass is 35.5. The molecule has 1 heterocycles. The first kappa shape index (κ1) is 17.4. The minimum atomic E-state index is -4.44. The summed E-state index contributed by atoms with van der Waals surface area (Å²) >= 11 is 17.8. The first-order valence-corrected chi connectivity index (χ1v) is 8.01. The molecule has 0 saturated carbocycles. The summed E-state index contributed by atoms with van der Waals surface area (Å²) in [5.41, 5.74) is 0.786. The highest BCUT2D eigenvalue weighted by molar-refractivity contribution is 6.36. The van der Waals surface area contributed by atoms with Crippen molar-refractivity contribution in [3.8, 4) is 0 Å². The van der Waals surface area contributed by atoms with Crippen LogP contribution in [0.2, 0.25) is 15.1 Å². The predicted octanol–water partition coefficient (Wildman–Crippen LogP) is 6.37. The van der Waals surface area contributed by atoms with Gasteiger partial charge in [-0.15, -0.1) is 0 Å². The lowest BCUT2D eigenvalue weighted by Gasteiger charge is -2.29. The molecule has 2 atom stereocenters. The van der Waals surface area contributed by atoms with Gasteiger partial charge in [0, 0.05) is 16.3 Å². The Labute approximate surface area is 151 Å². The summed E-state index contributed by atoms with van der Waals surface area (Å²) in [6.07, 6.45) is -3.55. The SMILES string of the molecule is FC(F)(F)[C@@H]1C=NN(c2ccc(Cl)cc2Cl)[C@H]1c1ccc(Cl)cc1. The van der Waals surface area contributed by atoms with Crippen LogP contribution in [0.5, 0.6) is 0 Å². The zero-order chi connectivity index (χ0) is 17.5. The number of rotatable bonds is 2. The highest BCUT2D eigenvalue weighted by Gasteiger charge is 2.50. The molecule has 0 spiro atoms. The third-order valence-corrected chi connectivity index (χ3v) is 4.49. The van der Waals surface area contributed by atoms with E-state index in [1.807, 2.05) is 0 Å². The smallest absolute Gasteiger partial charge is 0.256 e. The molecule has 0 bridgehead atoms. The summed E-state index contributed by atoms with van der Waals surface area (Å²) in [7, 11) is 0. The molecule has 24 heavy (non-hydrogen) atoms. The van der Waals surface area contributed by atoms with Gasteiger partial charge in [-0.05, 0) is 35.9 Å². The first-order valence-electron chi connectivity index (χ1n) is 6.88. The van der Waals surface area contributed by atoms with Crippen molar-refractivity contribution in [3.05, 3.63) is 63.1 Å². The second-order valence-electron chi connectivity index (χ2n) is 5.27. The molecule has 2 aromatic rings. The number of hydrogen-bond acceptors (Lipinski definition) is 2. The van der Waals surface area contributed by atoms with Crippen LogP contribution in [0.4, 0.5) is 18.9 Å². The topological polar surface area (TPSA) is 15.6 Å². The summed E-state index contributed by atoms with van der Waals surface area (Å²) in [5.74, 6) is -1.76. The Morgan fingerprint density at radius 2 is 1.54 bits per heavy atom. The van der Waals surface area contributed by atoms with Gasteiger partial charge in [-0.1, -0.05) is 46.9 Å². The Hall–Kier alpha value is -1.43. The Morgan fingerprint density at radius 1 is 0.917 bits per heavy atom. The molecule has 2 aromatic carbocycles. The third kappa shape index (κ3) is 3.34. The minimum Gasteiger partial charge on any atom is -0.256 e. The maximum atomic E-state index is 13.4. The van der Waals surface area contributed by atoms with Crippen LogP contribution >= 0.6 is 34.8 Å². The van der Waals surface area contributed by atoms with Gasteiger partial charge in [0.25, 0.3) is 0 Å². The molecule has 3 rings (SSSR count). The lowest BCUT2D eigenvalue weighted by atomic mass is 9.93. The van der Waals surface area contributed by atoms with Crippen molar-refractivity contribution in [2.24, 2.45) is 11.0 Å². The van der Waals surface area contributed by atoms with Crippen molar-refractivity contribution in [2.75, 3.05) is 5.01 Å². The van der Waals surface area contributed by atoms with E-state index >= 15 is 0 Å². The van der Waals surface area contributed by atoms with Crippen molar-refractivity contribution in [2.45, 2.75) is 12.2 Å². The molecule has 0 unspecified atom stereocenters. The maximum Gasteiger partial charge on any atom is 0.399 e. The summed E-state index contributed by atoms with van der Waals surface area (Å²) in [6.45, 7) is 0. The number of anilines is 1. The minimum absolute atomic E-state index is 0.224. The van der Waals surface area contributed by atoms with Crippen molar-refractivity contribution in [1.82, 2.24) is 0 Å². The lowest BCUT2D eigenvalue weighted by molar-refractivity contribution is -0.157. The number of benzene rings is 2. The monoisotopic (exact) mass is 392 g/mol. The van der Waals surface area contributed by atoms with Gasteiger partial charge in [0.1, 0.15) is 5.92 Å². The fourth-order valence-corrected chi connectivity index (χ4v) is 3.22. The average molecular weight is 394 g/mol. The number of hydrogen-bond donors (Lipinski definition) is 0. The third-order valence-electron chi connectivity index (χ3n) is 3.70. The molecule has 0 amide bonds. The number of alkyl halides is 3. The van der Waals surface area contributed by atoms with Gasteiger partial charge in [0.2, 0.25) is 0 Å². The molecule has 0 radical (unpaired) electrons. The Kier molecular flexibility index (Phi) is 4.69. The largest absolute Gasteiger partial charge is 0.399 e. The summed E-state index contributed by atoms with van der Waals surface area (Å²) < 4.78 is 40.3. The van der Waals surface area contributed by atoms with Crippen molar-refractivity contribution in [3.63, 3.8) is 0 Å². The second kappa shape index (κ2) is 6.47. The van der Waals surface area contributed by atoms with Crippen LogP contribution in [0.25, 0.3) is 0 Å². The fraction of sp³-hybridized carbons (Fsp3) is 0.188. The lowest BCUT2D eigenvalue weighted by Crippen LogP contribution is -2.33. The van der Waals surface area contributed by atoms with Crippen LogP contribution in [0, 0.1) is 5.92 Å². The second-order valence-corrected chi connectivity index (χ2v) is 6.55. The predicted molar refractivity (Wildman–Crippen MR) is 91.2 cm³/mol. The van der Waals surface area contributed by atoms with Gasteiger partial charge in [0.15, 0.2) is 0 Å². The van der Waals surface area contributed by atoms with Crippen LogP contribution < -0.4 is 5.01 Å². The molecule has 0 fully saturated rings. The van der Waals surface area contributed by atoms with Crippen molar-refractivity contribution < 1.29 is 13.2 Å². The van der Waals surface area contributed by atoms with Gasteiger partial charge in [-0.3, -0.25) is 5.01 Å². The van der Waals surface area contributed by atoms with Crippen LogP contribution in [0.3, 0.4) is 0 Å². The van der Waals surface area contributed by atoms with Gasteiger partial charge >= 0.3 is 6.18 Å². The molecule has 8 heteroatoms. The molecule has 0 aromatic heterocycles. The number of halogens is 6. The van der Waals surface area contributed by atoms with Crippen LogP contribution in [-0.4, -0.2) is 12.4 Å². The molecule has 1 aliphatic rings. The van der Waals surface area contributed by atoms with Crippen LogP contribution in [0.1, 0.15) is 11.6 Å². The number of hydrazone groups is 1. The standard InChI is InChI=1S/C16H10Cl3F3N2/c17-10-3-1-9(2-4-10)15-12(16(20,21)22)8-23-24(15)14-6-5-11(18)7-13(14)19/h1-8,12,15H/t12-,15+/m1/s1. The summed E-state index contributed by atoms with van der Waals surface area (Å²) in [4.78, 5) is 0. The molecule has 0 saturated heterocycles. The van der Waals surface area contributed by atoms with E-state index < -0.39 is 18.1 Å². The molecule has 0 N–H and O–H groups in total. The fourth-order valence-electron chi connectivity index (χ4n) is 2.60. The van der Waals surface area contributed by atoms with E-state index in [9.17, 15) is 13.2 Å². The van der Waals surface area contributed by atoms with Crippen LogP contribution in [-0.2, 0) is 0 Å². The van der Waals surface area contributed by atoms with Gasteiger partial charge in [-0.2, -0.15) is 18.3 Å².